The minimum absolute atomic E-state index is 0.272. The van der Waals surface area contributed by atoms with Crippen molar-refractivity contribution in [3.8, 4) is 0 Å². The second-order valence-electron chi connectivity index (χ2n) is 3.31. The first-order valence-corrected chi connectivity index (χ1v) is 6.19. The first kappa shape index (κ1) is 12.1. The zero-order chi connectivity index (χ0) is 9.56. The largest absolute Gasteiger partial charge is 0.400 e. The second kappa shape index (κ2) is 6.60. The van der Waals surface area contributed by atoms with Crippen LogP contribution in [0.2, 0.25) is 6.04 Å². The van der Waals surface area contributed by atoms with E-state index in [-0.39, 0.29) is 6.04 Å². The van der Waals surface area contributed by atoms with Gasteiger partial charge >= 0.3 is 9.28 Å². The van der Waals surface area contributed by atoms with Gasteiger partial charge in [-0.05, 0) is 25.3 Å². The molecule has 4 heteroatoms. The summed E-state index contributed by atoms with van der Waals surface area (Å²) in [7, 11) is 2.09. The molecule has 0 saturated carbocycles. The average molecular weight is 191 g/mol. The fourth-order valence-electron chi connectivity index (χ4n) is 0.994. The zero-order valence-corrected chi connectivity index (χ0v) is 9.69. The first-order chi connectivity index (χ1) is 5.61. The summed E-state index contributed by atoms with van der Waals surface area (Å²) in [6.07, 6.45) is 1.11. The Morgan fingerprint density at radius 2 is 1.75 bits per heavy atom. The van der Waals surface area contributed by atoms with Gasteiger partial charge in [-0.1, -0.05) is 6.92 Å². The first-order valence-electron chi connectivity index (χ1n) is 4.43. The predicted molar refractivity (Wildman–Crippen MR) is 53.4 cm³/mol. The van der Waals surface area contributed by atoms with Crippen LogP contribution in [0.1, 0.15) is 20.3 Å². The molecule has 2 unspecified atom stereocenters. The van der Waals surface area contributed by atoms with Crippen molar-refractivity contribution in [2.45, 2.75) is 32.4 Å². The van der Waals surface area contributed by atoms with Gasteiger partial charge in [0.25, 0.3) is 0 Å². The maximum atomic E-state index is 5.74. The van der Waals surface area contributed by atoms with Crippen LogP contribution in [0.4, 0.5) is 0 Å². The van der Waals surface area contributed by atoms with Gasteiger partial charge in [-0.3, -0.25) is 0 Å². The van der Waals surface area contributed by atoms with Crippen LogP contribution in [-0.2, 0) is 8.85 Å². The topological polar surface area (TPSA) is 44.5 Å². The molecule has 0 aromatic heterocycles. The fourth-order valence-corrected chi connectivity index (χ4v) is 2.46. The van der Waals surface area contributed by atoms with E-state index in [1.54, 1.807) is 14.2 Å². The Kier molecular flexibility index (Phi) is 6.65. The lowest BCUT2D eigenvalue weighted by molar-refractivity contribution is 0.272. The maximum absolute atomic E-state index is 5.74. The maximum Gasteiger partial charge on any atom is 0.320 e. The molecule has 0 amide bonds. The molecule has 74 valence electrons. The van der Waals surface area contributed by atoms with Crippen LogP contribution in [0, 0.1) is 5.92 Å². The summed E-state index contributed by atoms with van der Waals surface area (Å²) in [5, 5.41) is 0. The quantitative estimate of drug-likeness (QED) is 0.634. The van der Waals surface area contributed by atoms with E-state index in [0.717, 1.165) is 12.5 Å². The molecule has 0 aliphatic rings. The van der Waals surface area contributed by atoms with Crippen LogP contribution < -0.4 is 5.73 Å². The van der Waals surface area contributed by atoms with Gasteiger partial charge in [0.1, 0.15) is 0 Å². The van der Waals surface area contributed by atoms with Crippen molar-refractivity contribution in [3.05, 3.63) is 0 Å². The Hall–Kier alpha value is 0.0969. The van der Waals surface area contributed by atoms with E-state index in [2.05, 4.69) is 6.92 Å². The summed E-state index contributed by atoms with van der Waals surface area (Å²) in [5.41, 5.74) is 5.74. The van der Waals surface area contributed by atoms with Gasteiger partial charge in [0, 0.05) is 20.3 Å². The molecule has 2 N–H and O–H groups in total. The Morgan fingerprint density at radius 1 is 1.25 bits per heavy atom. The van der Waals surface area contributed by atoms with Gasteiger partial charge in [0.2, 0.25) is 0 Å². The number of nitrogens with two attached hydrogens (primary N) is 1. The van der Waals surface area contributed by atoms with Gasteiger partial charge in [-0.25, -0.2) is 0 Å². The van der Waals surface area contributed by atoms with E-state index in [1.165, 1.54) is 0 Å². The third-order valence-corrected chi connectivity index (χ3v) is 4.14. The van der Waals surface area contributed by atoms with Gasteiger partial charge in [-0.15, -0.1) is 0 Å². The predicted octanol–water partition coefficient (Wildman–Crippen LogP) is 0.873. The Labute approximate surface area is 77.1 Å². The van der Waals surface area contributed by atoms with E-state index in [9.17, 15) is 0 Å². The van der Waals surface area contributed by atoms with Crippen LogP contribution in [0.15, 0.2) is 0 Å². The molecule has 0 fully saturated rings. The van der Waals surface area contributed by atoms with Crippen LogP contribution in [0.3, 0.4) is 0 Å². The SMILES string of the molecule is CO[SiH](CCC(C)C(C)N)OC. The van der Waals surface area contributed by atoms with Gasteiger partial charge in [0.15, 0.2) is 0 Å². The molecule has 0 spiro atoms. The van der Waals surface area contributed by atoms with E-state index < -0.39 is 9.28 Å². The monoisotopic (exact) mass is 191 g/mol. The molecule has 0 heterocycles. The Morgan fingerprint density at radius 3 is 2.08 bits per heavy atom. The average Bonchev–Trinajstić information content (AvgIpc) is 2.05. The summed E-state index contributed by atoms with van der Waals surface area (Å²) in [4.78, 5) is 0. The van der Waals surface area contributed by atoms with E-state index >= 15 is 0 Å². The van der Waals surface area contributed by atoms with Crippen molar-refractivity contribution in [3.63, 3.8) is 0 Å². The molecule has 0 aliphatic heterocycles. The fraction of sp³-hybridized carbons (Fsp3) is 1.00. The summed E-state index contributed by atoms with van der Waals surface area (Å²) >= 11 is 0. The van der Waals surface area contributed by atoms with Crippen LogP contribution in [-0.4, -0.2) is 29.5 Å². The molecule has 2 atom stereocenters. The highest BCUT2D eigenvalue weighted by Crippen LogP contribution is 2.11. The summed E-state index contributed by atoms with van der Waals surface area (Å²) in [6, 6.07) is 1.32. The van der Waals surface area contributed by atoms with Gasteiger partial charge < -0.3 is 14.6 Å². The molecular weight excluding hydrogens is 170 g/mol. The summed E-state index contributed by atoms with van der Waals surface area (Å²) < 4.78 is 10.4. The third-order valence-electron chi connectivity index (χ3n) is 2.28. The highest BCUT2D eigenvalue weighted by Gasteiger charge is 2.13. The molecule has 0 aromatic carbocycles. The summed E-state index contributed by atoms with van der Waals surface area (Å²) in [6.45, 7) is 4.21. The molecule has 0 radical (unpaired) electrons. The molecular formula is C8H21NO2Si. The van der Waals surface area contributed by atoms with E-state index in [1.807, 2.05) is 6.92 Å². The molecule has 0 saturated heterocycles. The number of hydrogen-bond donors (Lipinski definition) is 1. The molecule has 0 aromatic rings. The van der Waals surface area contributed by atoms with Crippen molar-refractivity contribution < 1.29 is 8.85 Å². The molecule has 0 bridgehead atoms. The van der Waals surface area contributed by atoms with Crippen LogP contribution in [0.25, 0.3) is 0 Å². The normalized spacial score (nSPS) is 16.5. The highest BCUT2D eigenvalue weighted by molar-refractivity contribution is 6.44. The van der Waals surface area contributed by atoms with Crippen LogP contribution >= 0.6 is 0 Å². The lowest BCUT2D eigenvalue weighted by Gasteiger charge is -2.17. The van der Waals surface area contributed by atoms with Crippen molar-refractivity contribution >= 4 is 9.28 Å². The lowest BCUT2D eigenvalue weighted by atomic mass is 10.0. The van der Waals surface area contributed by atoms with Crippen LogP contribution in [0.5, 0.6) is 0 Å². The Balaban J connectivity index is 3.51. The zero-order valence-electron chi connectivity index (χ0n) is 8.54. The molecule has 0 aliphatic carbocycles. The third kappa shape index (κ3) is 4.87. The number of rotatable bonds is 6. The van der Waals surface area contributed by atoms with Crippen molar-refractivity contribution in [2.75, 3.05) is 14.2 Å². The Bertz CT molecular complexity index is 105. The van der Waals surface area contributed by atoms with E-state index in [4.69, 9.17) is 14.6 Å². The van der Waals surface area contributed by atoms with Crippen molar-refractivity contribution in [1.82, 2.24) is 0 Å². The summed E-state index contributed by atoms with van der Waals surface area (Å²) in [5.74, 6) is 0.560. The second-order valence-corrected chi connectivity index (χ2v) is 5.69. The van der Waals surface area contributed by atoms with Gasteiger partial charge in [0.05, 0.1) is 0 Å². The minimum Gasteiger partial charge on any atom is -0.400 e. The molecule has 3 nitrogen and oxygen atoms in total. The smallest absolute Gasteiger partial charge is 0.320 e. The van der Waals surface area contributed by atoms with Crippen molar-refractivity contribution in [1.29, 1.82) is 0 Å². The lowest BCUT2D eigenvalue weighted by Crippen LogP contribution is -2.27. The number of hydrogen-bond acceptors (Lipinski definition) is 3. The van der Waals surface area contributed by atoms with E-state index in [0.29, 0.717) is 5.92 Å². The van der Waals surface area contributed by atoms with Crippen molar-refractivity contribution in [2.24, 2.45) is 11.7 Å². The highest BCUT2D eigenvalue weighted by atomic mass is 28.3. The molecule has 0 rings (SSSR count). The van der Waals surface area contributed by atoms with Gasteiger partial charge in [-0.2, -0.15) is 0 Å². The minimum atomic E-state index is -1.35. The standard InChI is InChI=1S/C8H21NO2Si/c1-7(8(2)9)5-6-12(10-3)11-4/h7-8,12H,5-6,9H2,1-4H3. The molecule has 12 heavy (non-hydrogen) atoms.